The van der Waals surface area contributed by atoms with Crippen LogP contribution >= 0.6 is 15.9 Å². The van der Waals surface area contributed by atoms with Gasteiger partial charge >= 0.3 is 0 Å². The third-order valence-corrected chi connectivity index (χ3v) is 1.53. The van der Waals surface area contributed by atoms with Crippen LogP contribution in [0, 0.1) is 0 Å². The van der Waals surface area contributed by atoms with Gasteiger partial charge in [-0.1, -0.05) is 0 Å². The minimum atomic E-state index is 0.446. The topological polar surface area (TPSA) is 61.0 Å². The van der Waals surface area contributed by atoms with E-state index in [4.69, 9.17) is 5.90 Å². The number of nitrogens with zero attached hydrogens (tertiary/aromatic N) is 2. The zero-order valence-electron chi connectivity index (χ0n) is 5.83. The fourth-order valence-corrected chi connectivity index (χ4v) is 0.823. The van der Waals surface area contributed by atoms with Crippen LogP contribution in [-0.2, 0) is 11.3 Å². The minimum Gasteiger partial charge on any atom is -0.304 e. The van der Waals surface area contributed by atoms with Crippen molar-refractivity contribution in [2.75, 3.05) is 6.61 Å². The molecule has 0 atom stereocenters. The monoisotopic (exact) mass is 217 g/mol. The lowest BCUT2D eigenvalue weighted by atomic mass is 10.4. The molecule has 1 aromatic heterocycles. The summed E-state index contributed by atoms with van der Waals surface area (Å²) in [4.78, 5) is 12.4. The van der Waals surface area contributed by atoms with Crippen molar-refractivity contribution in [1.29, 1.82) is 0 Å². The van der Waals surface area contributed by atoms with Crippen molar-refractivity contribution in [3.05, 3.63) is 22.7 Å². The van der Waals surface area contributed by atoms with E-state index in [1.54, 1.807) is 12.4 Å². The third kappa shape index (κ3) is 2.92. The fourth-order valence-electron chi connectivity index (χ4n) is 0.618. The summed E-state index contributed by atoms with van der Waals surface area (Å²) in [6, 6.07) is 0. The molecule has 0 aromatic carbocycles. The van der Waals surface area contributed by atoms with Gasteiger partial charge in [-0.05, 0) is 15.9 Å². The number of hydrogen-bond acceptors (Lipinski definition) is 4. The Morgan fingerprint density at radius 3 is 2.64 bits per heavy atom. The van der Waals surface area contributed by atoms with Gasteiger partial charge in [-0.25, -0.2) is 15.9 Å². The maximum absolute atomic E-state index is 4.84. The van der Waals surface area contributed by atoms with E-state index in [1.807, 2.05) is 0 Å². The molecule has 0 saturated carbocycles. The number of aromatic nitrogens is 2. The first kappa shape index (κ1) is 8.58. The van der Waals surface area contributed by atoms with Gasteiger partial charge < -0.3 is 4.84 Å². The van der Waals surface area contributed by atoms with Gasteiger partial charge in [0.05, 0.1) is 11.1 Å². The molecule has 0 aliphatic rings. The van der Waals surface area contributed by atoms with Crippen LogP contribution in [0.5, 0.6) is 0 Å². The van der Waals surface area contributed by atoms with Crippen molar-refractivity contribution in [3.8, 4) is 0 Å². The quantitative estimate of drug-likeness (QED) is 0.757. The van der Waals surface area contributed by atoms with E-state index in [0.717, 1.165) is 10.3 Å². The first-order valence-electron chi connectivity index (χ1n) is 3.11. The molecule has 2 N–H and O–H groups in total. The second-order valence-electron chi connectivity index (χ2n) is 1.94. The van der Waals surface area contributed by atoms with Crippen LogP contribution < -0.4 is 5.90 Å². The Bertz CT molecular complexity index is 214. The number of rotatable bonds is 3. The van der Waals surface area contributed by atoms with Crippen LogP contribution in [0.25, 0.3) is 0 Å². The summed E-state index contributed by atoms with van der Waals surface area (Å²) in [6.07, 6.45) is 4.03. The highest BCUT2D eigenvalue weighted by Crippen LogP contribution is 2.04. The van der Waals surface area contributed by atoms with Crippen molar-refractivity contribution >= 4 is 15.9 Å². The van der Waals surface area contributed by atoms with Crippen LogP contribution in [0.2, 0.25) is 0 Å². The van der Waals surface area contributed by atoms with E-state index >= 15 is 0 Å². The summed E-state index contributed by atoms with van der Waals surface area (Å²) >= 11 is 3.23. The van der Waals surface area contributed by atoms with E-state index < -0.39 is 0 Å². The molecule has 0 bridgehead atoms. The summed E-state index contributed by atoms with van der Waals surface area (Å²) < 4.78 is 0.870. The number of nitrogens with two attached hydrogens (primary N) is 1. The summed E-state index contributed by atoms with van der Waals surface area (Å²) in [5.41, 5.74) is 0. The van der Waals surface area contributed by atoms with Gasteiger partial charge in [-0.2, -0.15) is 0 Å². The lowest BCUT2D eigenvalue weighted by Gasteiger charge is -1.96. The molecule has 0 aliphatic heterocycles. The van der Waals surface area contributed by atoms with Crippen LogP contribution in [0.3, 0.4) is 0 Å². The molecule has 0 unspecified atom stereocenters. The first-order chi connectivity index (χ1) is 5.33. The highest BCUT2D eigenvalue weighted by molar-refractivity contribution is 9.10. The van der Waals surface area contributed by atoms with Gasteiger partial charge in [-0.3, -0.25) is 0 Å². The molecule has 1 heterocycles. The summed E-state index contributed by atoms with van der Waals surface area (Å²) in [7, 11) is 0. The Morgan fingerprint density at radius 1 is 1.45 bits per heavy atom. The Kier molecular flexibility index (Phi) is 3.41. The molecular formula is C6H8BrN3O. The van der Waals surface area contributed by atoms with E-state index in [0.29, 0.717) is 13.0 Å². The van der Waals surface area contributed by atoms with Crippen molar-refractivity contribution in [2.24, 2.45) is 5.90 Å². The largest absolute Gasteiger partial charge is 0.304 e. The minimum absolute atomic E-state index is 0.446. The predicted molar refractivity (Wildman–Crippen MR) is 43.6 cm³/mol. The molecule has 0 aliphatic carbocycles. The highest BCUT2D eigenvalue weighted by atomic mass is 79.9. The number of halogens is 1. The molecular weight excluding hydrogens is 210 g/mol. The second-order valence-corrected chi connectivity index (χ2v) is 2.85. The van der Waals surface area contributed by atoms with Gasteiger partial charge in [-0.15, -0.1) is 0 Å². The normalized spacial score (nSPS) is 10.0. The lowest BCUT2D eigenvalue weighted by Crippen LogP contribution is -2.06. The van der Waals surface area contributed by atoms with Crippen LogP contribution in [0.1, 0.15) is 5.82 Å². The SMILES string of the molecule is NOCCc1ncc(Br)cn1. The molecule has 11 heavy (non-hydrogen) atoms. The van der Waals surface area contributed by atoms with Gasteiger partial charge in [0.15, 0.2) is 0 Å². The molecule has 0 radical (unpaired) electrons. The summed E-state index contributed by atoms with van der Waals surface area (Å²) in [5.74, 6) is 5.58. The molecule has 0 fully saturated rings. The molecule has 4 nitrogen and oxygen atoms in total. The van der Waals surface area contributed by atoms with E-state index in [2.05, 4.69) is 30.7 Å². The lowest BCUT2D eigenvalue weighted by molar-refractivity contribution is 0.140. The molecule has 1 rings (SSSR count). The molecule has 0 saturated heterocycles. The average molecular weight is 218 g/mol. The Morgan fingerprint density at radius 2 is 2.09 bits per heavy atom. The van der Waals surface area contributed by atoms with Gasteiger partial charge in [0, 0.05) is 18.8 Å². The predicted octanol–water partition coefficient (Wildman–Crippen LogP) is 0.672. The molecule has 0 amide bonds. The second kappa shape index (κ2) is 4.38. The Hall–Kier alpha value is -0.520. The number of hydrogen-bond donors (Lipinski definition) is 1. The standard InChI is InChI=1S/C6H8BrN3O/c7-5-3-9-6(10-4-5)1-2-11-8/h3-4H,1-2,8H2. The highest BCUT2D eigenvalue weighted by Gasteiger charge is 1.94. The fraction of sp³-hybridized carbons (Fsp3) is 0.333. The maximum Gasteiger partial charge on any atom is 0.130 e. The zero-order chi connectivity index (χ0) is 8.10. The maximum atomic E-state index is 4.84. The van der Waals surface area contributed by atoms with Gasteiger partial charge in [0.1, 0.15) is 5.82 Å². The van der Waals surface area contributed by atoms with Crippen LogP contribution in [0.15, 0.2) is 16.9 Å². The van der Waals surface area contributed by atoms with Crippen LogP contribution in [0.4, 0.5) is 0 Å². The smallest absolute Gasteiger partial charge is 0.130 e. The van der Waals surface area contributed by atoms with Crippen molar-refractivity contribution < 1.29 is 4.84 Å². The molecule has 5 heteroatoms. The third-order valence-electron chi connectivity index (χ3n) is 1.12. The molecule has 1 aromatic rings. The van der Waals surface area contributed by atoms with Crippen molar-refractivity contribution in [3.63, 3.8) is 0 Å². The van der Waals surface area contributed by atoms with E-state index in [9.17, 15) is 0 Å². The average Bonchev–Trinajstić information content (AvgIpc) is 2.04. The van der Waals surface area contributed by atoms with E-state index in [-0.39, 0.29) is 0 Å². The van der Waals surface area contributed by atoms with Crippen LogP contribution in [-0.4, -0.2) is 16.6 Å². The van der Waals surface area contributed by atoms with Gasteiger partial charge in [0.25, 0.3) is 0 Å². The zero-order valence-corrected chi connectivity index (χ0v) is 7.41. The Balaban J connectivity index is 2.52. The first-order valence-corrected chi connectivity index (χ1v) is 3.90. The Labute approximate surface area is 72.9 Å². The van der Waals surface area contributed by atoms with E-state index in [1.165, 1.54) is 0 Å². The summed E-state index contributed by atoms with van der Waals surface area (Å²) in [6.45, 7) is 0.446. The summed E-state index contributed by atoms with van der Waals surface area (Å²) in [5, 5.41) is 0. The molecule has 0 spiro atoms. The molecule has 60 valence electrons. The van der Waals surface area contributed by atoms with Crippen molar-refractivity contribution in [1.82, 2.24) is 9.97 Å². The van der Waals surface area contributed by atoms with Crippen molar-refractivity contribution in [2.45, 2.75) is 6.42 Å². The van der Waals surface area contributed by atoms with Gasteiger partial charge in [0.2, 0.25) is 0 Å².